The molecule has 1 amide bonds. The topological polar surface area (TPSA) is 112 Å². The molecule has 0 radical (unpaired) electrons. The van der Waals surface area contributed by atoms with Crippen LogP contribution in [0.1, 0.15) is 18.4 Å². The molecule has 0 spiro atoms. The maximum atomic E-state index is 12.0. The van der Waals surface area contributed by atoms with Gasteiger partial charge in [-0.05, 0) is 30.5 Å². The van der Waals surface area contributed by atoms with Crippen LogP contribution in [0.15, 0.2) is 30.6 Å². The fourth-order valence-corrected chi connectivity index (χ4v) is 2.08. The van der Waals surface area contributed by atoms with E-state index in [-0.39, 0.29) is 17.5 Å². The molecule has 5 N–H and O–H groups in total. The Hall–Kier alpha value is -2.57. The van der Waals surface area contributed by atoms with Crippen molar-refractivity contribution < 1.29 is 4.79 Å². The number of hydrogen-bond donors (Lipinski definition) is 3. The van der Waals surface area contributed by atoms with E-state index in [1.54, 1.807) is 0 Å². The van der Waals surface area contributed by atoms with Crippen molar-refractivity contribution in [3.05, 3.63) is 36.2 Å². The number of hydrogen-bond acceptors (Lipinski definition) is 5. The first-order valence-electron chi connectivity index (χ1n) is 5.95. The predicted octanol–water partition coefficient (Wildman–Crippen LogP) is 0.690. The van der Waals surface area contributed by atoms with Crippen LogP contribution < -0.4 is 16.8 Å². The van der Waals surface area contributed by atoms with Gasteiger partial charge >= 0.3 is 6.03 Å². The highest BCUT2D eigenvalue weighted by atomic mass is 16.2. The standard InChI is InChI=1S/C12H14N6O/c13-9-3-1-2-8(6-9)12(4-5-12)16-11(19)18-7-15-10(14)17-18/h1-3,6-7H,4-5,13H2,(H2,14,17)(H,16,19). The summed E-state index contributed by atoms with van der Waals surface area (Å²) >= 11 is 0. The summed E-state index contributed by atoms with van der Waals surface area (Å²) in [5.74, 6) is 0.0731. The van der Waals surface area contributed by atoms with Crippen LogP contribution in [-0.2, 0) is 5.54 Å². The molecule has 98 valence electrons. The summed E-state index contributed by atoms with van der Waals surface area (Å²) in [4.78, 5) is 15.8. The van der Waals surface area contributed by atoms with E-state index in [2.05, 4.69) is 15.4 Å². The lowest BCUT2D eigenvalue weighted by Gasteiger charge is -2.17. The van der Waals surface area contributed by atoms with Crippen LogP contribution >= 0.6 is 0 Å². The summed E-state index contributed by atoms with van der Waals surface area (Å²) in [5.41, 5.74) is 12.5. The van der Waals surface area contributed by atoms with Crippen molar-refractivity contribution in [3.8, 4) is 0 Å². The monoisotopic (exact) mass is 258 g/mol. The number of amides is 1. The Morgan fingerprint density at radius 3 is 2.74 bits per heavy atom. The Bertz CT molecular complexity index is 631. The number of anilines is 2. The van der Waals surface area contributed by atoms with E-state index in [0.717, 1.165) is 23.1 Å². The molecule has 3 rings (SSSR count). The van der Waals surface area contributed by atoms with Gasteiger partial charge in [-0.25, -0.2) is 9.78 Å². The average Bonchev–Trinajstić information content (AvgIpc) is 3.03. The zero-order valence-electron chi connectivity index (χ0n) is 10.2. The van der Waals surface area contributed by atoms with Crippen LogP contribution in [0, 0.1) is 0 Å². The van der Waals surface area contributed by atoms with Crippen molar-refractivity contribution in [1.29, 1.82) is 0 Å². The van der Waals surface area contributed by atoms with E-state index >= 15 is 0 Å². The highest BCUT2D eigenvalue weighted by molar-refractivity contribution is 5.77. The van der Waals surface area contributed by atoms with Gasteiger partial charge in [0.15, 0.2) is 0 Å². The number of nitrogens with zero attached hydrogens (tertiary/aromatic N) is 3. The number of benzene rings is 1. The zero-order chi connectivity index (χ0) is 13.5. The van der Waals surface area contributed by atoms with Gasteiger partial charge in [0.2, 0.25) is 5.95 Å². The quantitative estimate of drug-likeness (QED) is 0.686. The number of carbonyl (C=O) groups is 1. The third-order valence-electron chi connectivity index (χ3n) is 3.25. The third kappa shape index (κ3) is 2.10. The molecular formula is C12H14N6O. The van der Waals surface area contributed by atoms with Crippen LogP contribution in [0.25, 0.3) is 0 Å². The van der Waals surface area contributed by atoms with Crippen LogP contribution in [0.4, 0.5) is 16.4 Å². The summed E-state index contributed by atoms with van der Waals surface area (Å²) in [6.07, 6.45) is 3.05. The number of rotatable bonds is 2. The molecule has 1 aliphatic rings. The summed E-state index contributed by atoms with van der Waals surface area (Å²) < 4.78 is 1.10. The maximum absolute atomic E-state index is 12.0. The highest BCUT2D eigenvalue weighted by Crippen LogP contribution is 2.45. The van der Waals surface area contributed by atoms with E-state index in [0.29, 0.717) is 5.69 Å². The van der Waals surface area contributed by atoms with Crippen molar-refractivity contribution in [2.45, 2.75) is 18.4 Å². The van der Waals surface area contributed by atoms with E-state index in [1.807, 2.05) is 24.3 Å². The van der Waals surface area contributed by atoms with Crippen molar-refractivity contribution in [1.82, 2.24) is 20.1 Å². The number of nitrogens with two attached hydrogens (primary N) is 2. The smallest absolute Gasteiger partial charge is 0.344 e. The average molecular weight is 258 g/mol. The highest BCUT2D eigenvalue weighted by Gasteiger charge is 2.46. The number of aromatic nitrogens is 3. The minimum absolute atomic E-state index is 0.0731. The van der Waals surface area contributed by atoms with Gasteiger partial charge in [-0.2, -0.15) is 4.68 Å². The normalized spacial score (nSPS) is 16.0. The molecule has 2 aromatic rings. The van der Waals surface area contributed by atoms with E-state index in [4.69, 9.17) is 11.5 Å². The van der Waals surface area contributed by atoms with Gasteiger partial charge in [-0.1, -0.05) is 12.1 Å². The lowest BCUT2D eigenvalue weighted by Crippen LogP contribution is -2.38. The van der Waals surface area contributed by atoms with Crippen molar-refractivity contribution in [3.63, 3.8) is 0 Å². The molecule has 1 heterocycles. The summed E-state index contributed by atoms with van der Waals surface area (Å²) in [5, 5.41) is 6.73. The minimum Gasteiger partial charge on any atom is -0.399 e. The molecular weight excluding hydrogens is 244 g/mol. The first-order valence-corrected chi connectivity index (χ1v) is 5.95. The second kappa shape index (κ2) is 3.98. The molecule has 0 atom stereocenters. The molecule has 7 nitrogen and oxygen atoms in total. The third-order valence-corrected chi connectivity index (χ3v) is 3.25. The van der Waals surface area contributed by atoms with Gasteiger partial charge in [-0.3, -0.25) is 0 Å². The van der Waals surface area contributed by atoms with Gasteiger partial charge in [-0.15, -0.1) is 5.10 Å². The first-order chi connectivity index (χ1) is 9.09. The number of nitrogen functional groups attached to an aromatic ring is 2. The maximum Gasteiger partial charge on any atom is 0.344 e. The Morgan fingerprint density at radius 2 is 2.16 bits per heavy atom. The van der Waals surface area contributed by atoms with Crippen LogP contribution in [0.2, 0.25) is 0 Å². The van der Waals surface area contributed by atoms with Gasteiger partial charge < -0.3 is 16.8 Å². The Balaban J connectivity index is 1.81. The van der Waals surface area contributed by atoms with E-state index in [9.17, 15) is 4.79 Å². The van der Waals surface area contributed by atoms with Gasteiger partial charge in [0.1, 0.15) is 6.33 Å². The summed E-state index contributed by atoms with van der Waals surface area (Å²) in [7, 11) is 0. The van der Waals surface area contributed by atoms with E-state index < -0.39 is 0 Å². The van der Waals surface area contributed by atoms with Gasteiger partial charge in [0, 0.05) is 5.69 Å². The molecule has 0 aliphatic heterocycles. The lowest BCUT2D eigenvalue weighted by atomic mass is 10.0. The largest absolute Gasteiger partial charge is 0.399 e. The Kier molecular flexibility index (Phi) is 2.41. The Morgan fingerprint density at radius 1 is 1.37 bits per heavy atom. The van der Waals surface area contributed by atoms with Crippen molar-refractivity contribution >= 4 is 17.7 Å². The van der Waals surface area contributed by atoms with Gasteiger partial charge in [0.25, 0.3) is 0 Å². The Labute approximate surface area is 109 Å². The fourth-order valence-electron chi connectivity index (χ4n) is 2.08. The fraction of sp³-hybridized carbons (Fsp3) is 0.250. The summed E-state index contributed by atoms with van der Waals surface area (Å²) in [6, 6.07) is 7.19. The van der Waals surface area contributed by atoms with Crippen LogP contribution in [0.3, 0.4) is 0 Å². The molecule has 7 heteroatoms. The first kappa shape index (κ1) is 11.5. The lowest BCUT2D eigenvalue weighted by molar-refractivity contribution is 0.234. The molecule has 1 aromatic heterocycles. The number of nitrogens with one attached hydrogen (secondary N) is 1. The van der Waals surface area contributed by atoms with Crippen LogP contribution in [0.5, 0.6) is 0 Å². The molecule has 1 saturated carbocycles. The molecule has 19 heavy (non-hydrogen) atoms. The van der Waals surface area contributed by atoms with Crippen LogP contribution in [-0.4, -0.2) is 20.8 Å². The molecule has 0 unspecified atom stereocenters. The zero-order valence-corrected chi connectivity index (χ0v) is 10.2. The summed E-state index contributed by atoms with van der Waals surface area (Å²) in [6.45, 7) is 0. The van der Waals surface area contributed by atoms with E-state index in [1.165, 1.54) is 6.33 Å². The molecule has 0 saturated heterocycles. The number of carbonyl (C=O) groups excluding carboxylic acids is 1. The SMILES string of the molecule is Nc1cccc(C2(NC(=O)n3cnc(N)n3)CC2)c1. The van der Waals surface area contributed by atoms with Crippen molar-refractivity contribution in [2.75, 3.05) is 11.5 Å². The van der Waals surface area contributed by atoms with Crippen molar-refractivity contribution in [2.24, 2.45) is 0 Å². The molecule has 1 fully saturated rings. The van der Waals surface area contributed by atoms with Gasteiger partial charge in [0.05, 0.1) is 5.54 Å². The predicted molar refractivity (Wildman–Crippen MR) is 70.1 cm³/mol. The molecule has 1 aliphatic carbocycles. The molecule has 0 bridgehead atoms. The molecule has 1 aromatic carbocycles. The minimum atomic E-state index is -0.343. The second-order valence-electron chi connectivity index (χ2n) is 4.69. The second-order valence-corrected chi connectivity index (χ2v) is 4.69.